The Balaban J connectivity index is 1.46. The van der Waals surface area contributed by atoms with Crippen molar-refractivity contribution < 1.29 is 33.3 Å². The number of Topliss-reactive ketones (excluding diaryl/α,β-unsaturated/α-hetero) is 1. The van der Waals surface area contributed by atoms with Gasteiger partial charge in [0.1, 0.15) is 12.0 Å². The van der Waals surface area contributed by atoms with Gasteiger partial charge in [0.05, 0.1) is 38.9 Å². The molecule has 2 saturated carbocycles. The molecule has 0 bridgehead atoms. The standard InChI is InChI=1S/C36H39NO7/c1-40-29-16-14-27(20-32(29)44-28-11-7-8-12-28)35(24-37)18-17-33(38)36(23-35,34(39)42-3)21-26-13-15-30(31(19-26)41-2)43-22-25-9-5-4-6-10-25/h4-6,9-10,13-16,19-20,28H,7-8,11-12,17-18,21-23H2,1-3H3. The van der Waals surface area contributed by atoms with Gasteiger partial charge >= 0.3 is 5.97 Å². The summed E-state index contributed by atoms with van der Waals surface area (Å²) in [4.78, 5) is 27.3. The van der Waals surface area contributed by atoms with Crippen molar-refractivity contribution in [3.63, 3.8) is 0 Å². The van der Waals surface area contributed by atoms with E-state index in [2.05, 4.69) is 6.07 Å². The fourth-order valence-electron chi connectivity index (χ4n) is 6.57. The van der Waals surface area contributed by atoms with Gasteiger partial charge in [-0.05, 0) is 85.9 Å². The van der Waals surface area contributed by atoms with Gasteiger partial charge in [0.25, 0.3) is 0 Å². The van der Waals surface area contributed by atoms with Gasteiger partial charge in [-0.25, -0.2) is 0 Å². The summed E-state index contributed by atoms with van der Waals surface area (Å²) in [5.74, 6) is 1.29. The smallest absolute Gasteiger partial charge is 0.319 e. The number of carbonyl (C=O) groups excluding carboxylic acids is 2. The van der Waals surface area contributed by atoms with Gasteiger partial charge in [0.15, 0.2) is 28.8 Å². The maximum absolute atomic E-state index is 13.7. The molecule has 2 atom stereocenters. The van der Waals surface area contributed by atoms with Crippen LogP contribution in [0.3, 0.4) is 0 Å². The van der Waals surface area contributed by atoms with Crippen LogP contribution in [0.4, 0.5) is 0 Å². The van der Waals surface area contributed by atoms with E-state index in [9.17, 15) is 14.9 Å². The molecule has 230 valence electrons. The highest BCUT2D eigenvalue weighted by Crippen LogP contribution is 2.50. The Hall–Kier alpha value is -4.51. The number of methoxy groups -OCH3 is 3. The van der Waals surface area contributed by atoms with E-state index in [1.165, 1.54) is 7.11 Å². The lowest BCUT2D eigenvalue weighted by Crippen LogP contribution is -2.51. The molecule has 0 heterocycles. The first-order chi connectivity index (χ1) is 21.4. The highest BCUT2D eigenvalue weighted by Gasteiger charge is 2.56. The predicted molar refractivity (Wildman–Crippen MR) is 164 cm³/mol. The number of ketones is 1. The van der Waals surface area contributed by atoms with Gasteiger partial charge in [-0.2, -0.15) is 5.26 Å². The van der Waals surface area contributed by atoms with Gasteiger partial charge in [-0.15, -0.1) is 0 Å². The van der Waals surface area contributed by atoms with Gasteiger partial charge in [0.2, 0.25) is 0 Å². The van der Waals surface area contributed by atoms with Crippen LogP contribution in [0, 0.1) is 16.7 Å². The molecule has 5 rings (SSSR count). The highest BCUT2D eigenvalue weighted by molar-refractivity contribution is 6.05. The SMILES string of the molecule is COC(=O)C1(Cc2ccc(OCc3ccccc3)c(OC)c2)CC(C#N)(c2ccc(OC)c(OC3CCCC3)c2)CCC1=O. The van der Waals surface area contributed by atoms with Crippen LogP contribution < -0.4 is 18.9 Å². The van der Waals surface area contributed by atoms with Gasteiger partial charge in [-0.1, -0.05) is 42.5 Å². The summed E-state index contributed by atoms with van der Waals surface area (Å²) < 4.78 is 28.8. The van der Waals surface area contributed by atoms with Crippen LogP contribution >= 0.6 is 0 Å². The van der Waals surface area contributed by atoms with Crippen molar-refractivity contribution in [3.8, 4) is 29.1 Å². The minimum Gasteiger partial charge on any atom is -0.493 e. The lowest BCUT2D eigenvalue weighted by Gasteiger charge is -2.42. The Bertz CT molecular complexity index is 1520. The summed E-state index contributed by atoms with van der Waals surface area (Å²) >= 11 is 0. The number of carbonyl (C=O) groups is 2. The zero-order valence-electron chi connectivity index (χ0n) is 25.6. The number of nitrogens with zero attached hydrogens (tertiary/aromatic N) is 1. The molecule has 0 N–H and O–H groups in total. The normalized spacial score (nSPS) is 21.7. The molecule has 0 saturated heterocycles. The lowest BCUT2D eigenvalue weighted by atomic mass is 9.57. The molecule has 44 heavy (non-hydrogen) atoms. The van der Waals surface area contributed by atoms with Crippen LogP contribution in [0.1, 0.15) is 61.6 Å². The maximum atomic E-state index is 13.7. The monoisotopic (exact) mass is 597 g/mol. The molecule has 0 aromatic heterocycles. The number of ether oxygens (including phenoxy) is 5. The zero-order chi connectivity index (χ0) is 31.2. The summed E-state index contributed by atoms with van der Waals surface area (Å²) in [6.45, 7) is 0.361. The van der Waals surface area contributed by atoms with E-state index in [0.717, 1.165) is 31.2 Å². The van der Waals surface area contributed by atoms with E-state index >= 15 is 0 Å². The molecule has 8 nitrogen and oxygen atoms in total. The Kier molecular flexibility index (Phi) is 9.43. The maximum Gasteiger partial charge on any atom is 0.319 e. The minimum atomic E-state index is -1.56. The molecule has 2 aliphatic carbocycles. The van der Waals surface area contributed by atoms with Crippen LogP contribution in [0.5, 0.6) is 23.0 Å². The molecular formula is C36H39NO7. The molecule has 2 aliphatic rings. The predicted octanol–water partition coefficient (Wildman–Crippen LogP) is 6.52. The van der Waals surface area contributed by atoms with Crippen molar-refractivity contribution >= 4 is 11.8 Å². The van der Waals surface area contributed by atoms with Crippen molar-refractivity contribution in [2.75, 3.05) is 21.3 Å². The van der Waals surface area contributed by atoms with Crippen LogP contribution in [-0.2, 0) is 32.8 Å². The number of hydrogen-bond acceptors (Lipinski definition) is 8. The van der Waals surface area contributed by atoms with E-state index in [1.807, 2.05) is 48.5 Å². The third-order valence-corrected chi connectivity index (χ3v) is 8.99. The first-order valence-corrected chi connectivity index (χ1v) is 15.1. The molecule has 2 unspecified atom stereocenters. The Morgan fingerprint density at radius 3 is 2.30 bits per heavy atom. The minimum absolute atomic E-state index is 0.0220. The van der Waals surface area contributed by atoms with E-state index in [4.69, 9.17) is 23.7 Å². The topological polar surface area (TPSA) is 104 Å². The first kappa shape index (κ1) is 30.9. The molecule has 8 heteroatoms. The molecular weight excluding hydrogens is 558 g/mol. The second kappa shape index (κ2) is 13.4. The van der Waals surface area contributed by atoms with Crippen LogP contribution in [-0.4, -0.2) is 39.2 Å². The van der Waals surface area contributed by atoms with Gasteiger partial charge < -0.3 is 23.7 Å². The molecule has 0 radical (unpaired) electrons. The molecule has 3 aromatic rings. The summed E-state index contributed by atoms with van der Waals surface area (Å²) in [5, 5.41) is 10.7. The summed E-state index contributed by atoms with van der Waals surface area (Å²) in [6.07, 6.45) is 4.63. The number of benzene rings is 3. The number of hydrogen-bond donors (Lipinski definition) is 0. The van der Waals surface area contributed by atoms with Crippen LogP contribution in [0.15, 0.2) is 66.7 Å². The second-order valence-electron chi connectivity index (χ2n) is 11.7. The van der Waals surface area contributed by atoms with Crippen molar-refractivity contribution in [1.82, 2.24) is 0 Å². The van der Waals surface area contributed by atoms with Crippen molar-refractivity contribution in [1.29, 1.82) is 5.26 Å². The van der Waals surface area contributed by atoms with Crippen molar-refractivity contribution in [2.24, 2.45) is 5.41 Å². The molecule has 0 spiro atoms. The van der Waals surface area contributed by atoms with Crippen LogP contribution in [0.25, 0.3) is 0 Å². The quantitative estimate of drug-likeness (QED) is 0.182. The van der Waals surface area contributed by atoms with E-state index < -0.39 is 16.8 Å². The number of esters is 1. The fraction of sp³-hybridized carbons (Fsp3) is 0.417. The molecule has 2 fully saturated rings. The van der Waals surface area contributed by atoms with Crippen molar-refractivity contribution in [2.45, 2.75) is 69.5 Å². The average Bonchev–Trinajstić information content (AvgIpc) is 3.58. The molecule has 0 aliphatic heterocycles. The summed E-state index contributed by atoms with van der Waals surface area (Å²) in [5.41, 5.74) is -0.283. The average molecular weight is 598 g/mol. The third-order valence-electron chi connectivity index (χ3n) is 8.99. The zero-order valence-corrected chi connectivity index (χ0v) is 25.6. The second-order valence-corrected chi connectivity index (χ2v) is 11.7. The van der Waals surface area contributed by atoms with Gasteiger partial charge in [0, 0.05) is 6.42 Å². The van der Waals surface area contributed by atoms with E-state index in [0.29, 0.717) is 40.7 Å². The third kappa shape index (κ3) is 6.23. The Morgan fingerprint density at radius 1 is 0.886 bits per heavy atom. The highest BCUT2D eigenvalue weighted by atomic mass is 16.5. The Labute approximate surface area is 258 Å². The van der Waals surface area contributed by atoms with E-state index in [1.54, 1.807) is 32.4 Å². The molecule has 3 aromatic carbocycles. The summed E-state index contributed by atoms with van der Waals surface area (Å²) in [6, 6.07) is 23.2. The lowest BCUT2D eigenvalue weighted by molar-refractivity contribution is -0.161. The summed E-state index contributed by atoms with van der Waals surface area (Å²) in [7, 11) is 4.42. The number of nitriles is 1. The van der Waals surface area contributed by atoms with E-state index in [-0.39, 0.29) is 37.6 Å². The fourth-order valence-corrected chi connectivity index (χ4v) is 6.57. The van der Waals surface area contributed by atoms with Crippen LogP contribution in [0.2, 0.25) is 0 Å². The number of rotatable bonds is 11. The molecule has 0 amide bonds. The largest absolute Gasteiger partial charge is 0.493 e. The van der Waals surface area contributed by atoms with Gasteiger partial charge in [-0.3, -0.25) is 9.59 Å². The van der Waals surface area contributed by atoms with Crippen molar-refractivity contribution in [3.05, 3.63) is 83.4 Å². The first-order valence-electron chi connectivity index (χ1n) is 15.1. The Morgan fingerprint density at radius 2 is 1.61 bits per heavy atom.